The molecule has 1 fully saturated rings. The molecule has 1 heterocycles. The van der Waals surface area contributed by atoms with Gasteiger partial charge in [0.25, 0.3) is 5.91 Å². The molecule has 1 saturated carbocycles. The van der Waals surface area contributed by atoms with Crippen LogP contribution in [0.25, 0.3) is 0 Å². The average molecular weight is 346 g/mol. The van der Waals surface area contributed by atoms with Crippen molar-refractivity contribution in [2.75, 3.05) is 16.8 Å². The van der Waals surface area contributed by atoms with Crippen LogP contribution in [-0.4, -0.2) is 41.1 Å². The van der Waals surface area contributed by atoms with Crippen molar-refractivity contribution in [1.29, 1.82) is 0 Å². The maximum atomic E-state index is 12.7. The van der Waals surface area contributed by atoms with Gasteiger partial charge < -0.3 is 20.1 Å². The van der Waals surface area contributed by atoms with Crippen LogP contribution in [0.15, 0.2) is 24.3 Å². The number of ether oxygens (including phenoxy) is 1. The fourth-order valence-electron chi connectivity index (χ4n) is 3.46. The molecule has 134 valence electrons. The molecule has 25 heavy (non-hydrogen) atoms. The highest BCUT2D eigenvalue weighted by Gasteiger charge is 2.41. The number of carbonyl (C=O) groups excluding carboxylic acids is 3. The number of amides is 2. The van der Waals surface area contributed by atoms with Gasteiger partial charge in [0.05, 0.1) is 11.4 Å². The maximum absolute atomic E-state index is 12.7. The number of hydrogen-bond acceptors (Lipinski definition) is 5. The highest BCUT2D eigenvalue weighted by molar-refractivity contribution is 6.05. The third kappa shape index (κ3) is 3.51. The van der Waals surface area contributed by atoms with Gasteiger partial charge in [-0.25, -0.2) is 4.79 Å². The number of hydrogen-bond donors (Lipinski definition) is 2. The lowest BCUT2D eigenvalue weighted by molar-refractivity contribution is -0.166. The van der Waals surface area contributed by atoms with Gasteiger partial charge in [-0.1, -0.05) is 12.1 Å². The Balaban J connectivity index is 1.74. The molecule has 1 aliphatic carbocycles. The summed E-state index contributed by atoms with van der Waals surface area (Å²) in [6, 6.07) is 6.63. The molecule has 0 bridgehead atoms. The second-order valence-electron chi connectivity index (χ2n) is 6.70. The molecule has 3 rings (SSSR count). The number of para-hydroxylation sites is 2. The van der Waals surface area contributed by atoms with Gasteiger partial charge in [-0.05, 0) is 44.7 Å². The zero-order valence-electron chi connectivity index (χ0n) is 14.2. The maximum Gasteiger partial charge on any atom is 0.338 e. The van der Waals surface area contributed by atoms with E-state index in [1.54, 1.807) is 31.2 Å². The van der Waals surface area contributed by atoms with Gasteiger partial charge in [-0.3, -0.25) is 9.59 Å². The number of nitrogens with one attached hydrogen (secondary N) is 1. The predicted octanol–water partition coefficient (Wildman–Crippen LogP) is 1.60. The van der Waals surface area contributed by atoms with Crippen LogP contribution in [0, 0.1) is 0 Å². The summed E-state index contributed by atoms with van der Waals surface area (Å²) in [5.41, 5.74) is -0.354. The molecule has 2 N–H and O–H groups in total. The van der Waals surface area contributed by atoms with Gasteiger partial charge in [-0.2, -0.15) is 0 Å². The van der Waals surface area contributed by atoms with E-state index in [0.29, 0.717) is 24.2 Å². The topological polar surface area (TPSA) is 95.9 Å². The molecule has 2 aliphatic rings. The Morgan fingerprint density at radius 3 is 2.72 bits per heavy atom. The van der Waals surface area contributed by atoms with Gasteiger partial charge in [-0.15, -0.1) is 0 Å². The first-order valence-corrected chi connectivity index (χ1v) is 8.51. The molecule has 7 heteroatoms. The van der Waals surface area contributed by atoms with E-state index in [0.717, 1.165) is 12.8 Å². The van der Waals surface area contributed by atoms with Crippen LogP contribution in [0.3, 0.4) is 0 Å². The smallest absolute Gasteiger partial charge is 0.338 e. The minimum Gasteiger partial charge on any atom is -0.453 e. The Bertz CT molecular complexity index is 696. The van der Waals surface area contributed by atoms with Crippen molar-refractivity contribution in [2.45, 2.75) is 50.7 Å². The lowest BCUT2D eigenvalue weighted by Gasteiger charge is -2.28. The van der Waals surface area contributed by atoms with Crippen molar-refractivity contribution in [3.63, 3.8) is 0 Å². The Morgan fingerprint density at radius 1 is 1.32 bits per heavy atom. The number of nitrogens with zero attached hydrogens (tertiary/aromatic N) is 1. The molecule has 0 unspecified atom stereocenters. The first kappa shape index (κ1) is 17.4. The molecule has 7 nitrogen and oxygen atoms in total. The number of carbonyl (C=O) groups is 3. The monoisotopic (exact) mass is 346 g/mol. The number of esters is 1. The molecule has 1 atom stereocenters. The number of benzene rings is 1. The van der Waals surface area contributed by atoms with E-state index in [9.17, 15) is 19.5 Å². The minimum absolute atomic E-state index is 0.151. The van der Waals surface area contributed by atoms with Gasteiger partial charge in [0, 0.05) is 12.5 Å². The highest BCUT2D eigenvalue weighted by Crippen LogP contribution is 2.32. The van der Waals surface area contributed by atoms with Crippen LogP contribution in [0.5, 0.6) is 0 Å². The van der Waals surface area contributed by atoms with Crippen LogP contribution >= 0.6 is 0 Å². The van der Waals surface area contributed by atoms with Crippen molar-refractivity contribution in [1.82, 2.24) is 0 Å². The third-order valence-corrected chi connectivity index (χ3v) is 4.77. The van der Waals surface area contributed by atoms with Crippen molar-refractivity contribution in [3.8, 4) is 0 Å². The van der Waals surface area contributed by atoms with E-state index >= 15 is 0 Å². The van der Waals surface area contributed by atoms with Crippen LogP contribution < -0.4 is 10.2 Å². The summed E-state index contributed by atoms with van der Waals surface area (Å²) >= 11 is 0. The molecule has 0 radical (unpaired) electrons. The zero-order valence-corrected chi connectivity index (χ0v) is 14.2. The predicted molar refractivity (Wildman–Crippen MR) is 91.0 cm³/mol. The number of fused-ring (bicyclic) bond motifs is 1. The summed E-state index contributed by atoms with van der Waals surface area (Å²) in [4.78, 5) is 38.2. The normalized spacial score (nSPS) is 21.9. The molecular weight excluding hydrogens is 324 g/mol. The van der Waals surface area contributed by atoms with E-state index in [-0.39, 0.29) is 18.4 Å². The minimum atomic E-state index is -1.47. The Kier molecular flexibility index (Phi) is 4.76. The first-order valence-electron chi connectivity index (χ1n) is 8.51. The van der Waals surface area contributed by atoms with Crippen molar-refractivity contribution in [2.24, 2.45) is 0 Å². The van der Waals surface area contributed by atoms with E-state index in [2.05, 4.69) is 5.32 Å². The zero-order chi connectivity index (χ0) is 18.0. The van der Waals surface area contributed by atoms with Crippen molar-refractivity contribution < 1.29 is 24.2 Å². The van der Waals surface area contributed by atoms with Crippen LogP contribution in [-0.2, 0) is 19.1 Å². The summed E-state index contributed by atoms with van der Waals surface area (Å²) < 4.78 is 5.09. The Morgan fingerprint density at radius 2 is 2.00 bits per heavy atom. The van der Waals surface area contributed by atoms with Gasteiger partial charge in [0.15, 0.2) is 12.2 Å². The summed E-state index contributed by atoms with van der Waals surface area (Å²) in [5.74, 6) is -1.35. The number of rotatable bonds is 3. The SMILES string of the molecule is C[C@H]1CC(=O)Nc2ccccc2N1C(=O)COC(=O)C1(O)CCCC1. The van der Waals surface area contributed by atoms with Crippen molar-refractivity contribution in [3.05, 3.63) is 24.3 Å². The highest BCUT2D eigenvalue weighted by atomic mass is 16.6. The molecule has 0 spiro atoms. The molecule has 2 amide bonds. The first-order chi connectivity index (χ1) is 11.9. The summed E-state index contributed by atoms with van der Waals surface area (Å²) in [5, 5.41) is 13.0. The Hall–Kier alpha value is -2.41. The molecule has 1 aromatic rings. The summed E-state index contributed by atoms with van der Waals surface area (Å²) in [6.45, 7) is 1.31. The van der Waals surface area contributed by atoms with Gasteiger partial charge in [0.2, 0.25) is 5.91 Å². The summed E-state index contributed by atoms with van der Waals surface area (Å²) in [7, 11) is 0. The quantitative estimate of drug-likeness (QED) is 0.811. The number of aliphatic hydroxyl groups is 1. The molecule has 0 saturated heterocycles. The van der Waals surface area contributed by atoms with E-state index in [1.807, 2.05) is 0 Å². The van der Waals surface area contributed by atoms with Gasteiger partial charge >= 0.3 is 5.97 Å². The van der Waals surface area contributed by atoms with E-state index in [4.69, 9.17) is 4.74 Å². The largest absolute Gasteiger partial charge is 0.453 e. The summed E-state index contributed by atoms with van der Waals surface area (Å²) in [6.07, 6.45) is 2.41. The number of anilines is 2. The van der Waals surface area contributed by atoms with Gasteiger partial charge in [0.1, 0.15) is 0 Å². The Labute approximate surface area is 146 Å². The van der Waals surface area contributed by atoms with Crippen LogP contribution in [0.1, 0.15) is 39.0 Å². The van der Waals surface area contributed by atoms with Crippen LogP contribution in [0.2, 0.25) is 0 Å². The molecule has 0 aromatic heterocycles. The van der Waals surface area contributed by atoms with E-state index in [1.165, 1.54) is 4.90 Å². The third-order valence-electron chi connectivity index (χ3n) is 4.77. The van der Waals surface area contributed by atoms with Crippen molar-refractivity contribution >= 4 is 29.2 Å². The lowest BCUT2D eigenvalue weighted by atomic mass is 10.0. The lowest BCUT2D eigenvalue weighted by Crippen LogP contribution is -2.44. The second-order valence-corrected chi connectivity index (χ2v) is 6.70. The molecular formula is C18H22N2O5. The molecule has 1 aliphatic heterocycles. The second kappa shape index (κ2) is 6.84. The average Bonchev–Trinajstić information content (AvgIpc) is 2.97. The van der Waals surface area contributed by atoms with Crippen LogP contribution in [0.4, 0.5) is 11.4 Å². The fourth-order valence-corrected chi connectivity index (χ4v) is 3.46. The molecule has 1 aromatic carbocycles. The van der Waals surface area contributed by atoms with E-state index < -0.39 is 24.1 Å². The fraction of sp³-hybridized carbons (Fsp3) is 0.500. The standard InChI is InChI=1S/C18H22N2O5/c1-12-10-15(21)19-13-6-2-3-7-14(13)20(12)16(22)11-25-17(23)18(24)8-4-5-9-18/h2-3,6-7,12,24H,4-5,8-11H2,1H3,(H,19,21)/t12-/m0/s1.